The largest absolute Gasteiger partial charge is 0.381 e. The van der Waals surface area contributed by atoms with Gasteiger partial charge in [-0.15, -0.1) is 0 Å². The Kier molecular flexibility index (Phi) is 6.82. The van der Waals surface area contributed by atoms with Crippen molar-refractivity contribution in [2.24, 2.45) is 0 Å². The highest BCUT2D eigenvalue weighted by Gasteiger charge is 2.39. The van der Waals surface area contributed by atoms with Crippen molar-refractivity contribution >= 4 is 5.91 Å². The van der Waals surface area contributed by atoms with Crippen LogP contribution in [0.15, 0.2) is 12.2 Å². The number of amides is 1. The van der Waals surface area contributed by atoms with Gasteiger partial charge < -0.3 is 19.7 Å². The summed E-state index contributed by atoms with van der Waals surface area (Å²) in [7, 11) is 3.97. The van der Waals surface area contributed by atoms with Crippen LogP contribution in [0.2, 0.25) is 0 Å². The van der Waals surface area contributed by atoms with Gasteiger partial charge in [-0.05, 0) is 26.9 Å². The third-order valence-corrected chi connectivity index (χ3v) is 4.44. The van der Waals surface area contributed by atoms with E-state index in [-0.39, 0.29) is 11.4 Å². The molecule has 2 aliphatic rings. The van der Waals surface area contributed by atoms with Gasteiger partial charge in [-0.1, -0.05) is 6.08 Å². The van der Waals surface area contributed by atoms with Gasteiger partial charge in [0.05, 0.1) is 13.2 Å². The minimum atomic E-state index is -0.0130. The summed E-state index contributed by atoms with van der Waals surface area (Å²) in [5, 5.41) is 3.08. The quantitative estimate of drug-likeness (QED) is 0.705. The normalized spacial score (nSPS) is 23.0. The summed E-state index contributed by atoms with van der Waals surface area (Å²) >= 11 is 0. The Morgan fingerprint density at radius 2 is 1.82 bits per heavy atom. The average Bonchev–Trinajstić information content (AvgIpc) is 2.54. The Bertz CT molecular complexity index is 373. The second-order valence-corrected chi connectivity index (χ2v) is 6.32. The maximum atomic E-state index is 12.0. The topological polar surface area (TPSA) is 54.0 Å². The first-order chi connectivity index (χ1) is 10.6. The molecule has 0 radical (unpaired) electrons. The molecule has 0 atom stereocenters. The highest BCUT2D eigenvalue weighted by atomic mass is 16.5. The third-order valence-electron chi connectivity index (χ3n) is 4.44. The van der Waals surface area contributed by atoms with Crippen LogP contribution in [0, 0.1) is 0 Å². The molecule has 0 spiro atoms. The molecule has 6 heteroatoms. The minimum absolute atomic E-state index is 0.0130. The Balaban J connectivity index is 1.89. The number of hydrogen-bond donors (Lipinski definition) is 1. The molecule has 0 aromatic heterocycles. The van der Waals surface area contributed by atoms with Crippen molar-refractivity contribution < 1.29 is 14.3 Å². The van der Waals surface area contributed by atoms with Gasteiger partial charge in [0.25, 0.3) is 0 Å². The molecule has 2 heterocycles. The van der Waals surface area contributed by atoms with Gasteiger partial charge in [-0.3, -0.25) is 9.69 Å². The molecule has 0 saturated carbocycles. The van der Waals surface area contributed by atoms with Crippen LogP contribution >= 0.6 is 0 Å². The lowest BCUT2D eigenvalue weighted by Gasteiger charge is -2.47. The number of carbonyl (C=O) groups excluding carboxylic acids is 1. The second kappa shape index (κ2) is 8.62. The lowest BCUT2D eigenvalue weighted by atomic mass is 9.87. The molecule has 2 aliphatic heterocycles. The van der Waals surface area contributed by atoms with Gasteiger partial charge in [0.1, 0.15) is 0 Å². The molecule has 1 N–H and O–H groups in total. The van der Waals surface area contributed by atoms with E-state index >= 15 is 0 Å². The van der Waals surface area contributed by atoms with Crippen LogP contribution < -0.4 is 5.32 Å². The molecular formula is C16H29N3O3. The van der Waals surface area contributed by atoms with Crippen molar-refractivity contribution in [3.63, 3.8) is 0 Å². The van der Waals surface area contributed by atoms with Crippen LogP contribution in [0.5, 0.6) is 0 Å². The fraction of sp³-hybridized carbons (Fsp3) is 0.812. The Morgan fingerprint density at radius 1 is 1.18 bits per heavy atom. The third kappa shape index (κ3) is 5.05. The van der Waals surface area contributed by atoms with E-state index in [2.05, 4.69) is 10.2 Å². The van der Waals surface area contributed by atoms with Gasteiger partial charge in [0.15, 0.2) is 0 Å². The summed E-state index contributed by atoms with van der Waals surface area (Å²) in [6, 6.07) is 0. The molecular weight excluding hydrogens is 282 g/mol. The molecule has 0 aromatic rings. The Hall–Kier alpha value is -0.950. The van der Waals surface area contributed by atoms with Crippen molar-refractivity contribution in [2.75, 3.05) is 66.7 Å². The number of carbonyl (C=O) groups is 1. The van der Waals surface area contributed by atoms with Gasteiger partial charge in [0, 0.05) is 51.0 Å². The average molecular weight is 311 g/mol. The van der Waals surface area contributed by atoms with Gasteiger partial charge in [-0.2, -0.15) is 0 Å². The van der Waals surface area contributed by atoms with Crippen molar-refractivity contribution in [1.82, 2.24) is 15.1 Å². The van der Waals surface area contributed by atoms with E-state index < -0.39 is 0 Å². The van der Waals surface area contributed by atoms with Crippen molar-refractivity contribution in [3.8, 4) is 0 Å². The Morgan fingerprint density at radius 3 is 2.45 bits per heavy atom. The number of hydrogen-bond acceptors (Lipinski definition) is 5. The Labute approximate surface area is 133 Å². The number of rotatable bonds is 6. The predicted molar refractivity (Wildman–Crippen MR) is 85.9 cm³/mol. The summed E-state index contributed by atoms with van der Waals surface area (Å²) in [6.45, 7) is 6.42. The SMILES string of the molecule is CN(C)C/C=C/C(=O)NCC1(N2CCOCC2)CCOCC1. The van der Waals surface area contributed by atoms with Crippen LogP contribution in [-0.2, 0) is 14.3 Å². The highest BCUT2D eigenvalue weighted by Crippen LogP contribution is 2.28. The molecule has 1 amide bonds. The molecule has 0 aromatic carbocycles. The summed E-state index contributed by atoms with van der Waals surface area (Å²) in [4.78, 5) is 16.5. The lowest BCUT2D eigenvalue weighted by Crippen LogP contribution is -2.61. The molecule has 22 heavy (non-hydrogen) atoms. The number of morpholine rings is 1. The summed E-state index contributed by atoms with van der Waals surface area (Å²) in [5.41, 5.74) is 0.0209. The fourth-order valence-corrected chi connectivity index (χ4v) is 3.07. The van der Waals surface area contributed by atoms with Gasteiger partial charge in [0.2, 0.25) is 5.91 Å². The van der Waals surface area contributed by atoms with E-state index in [4.69, 9.17) is 9.47 Å². The summed E-state index contributed by atoms with van der Waals surface area (Å²) in [5.74, 6) is -0.0130. The molecule has 126 valence electrons. The zero-order valence-electron chi connectivity index (χ0n) is 13.8. The standard InChI is InChI=1S/C16H29N3O3/c1-18(2)7-3-4-15(20)17-14-16(5-10-21-11-6-16)19-8-12-22-13-9-19/h3-4H,5-14H2,1-2H3,(H,17,20)/b4-3+. The van der Waals surface area contributed by atoms with Crippen LogP contribution in [0.4, 0.5) is 0 Å². The van der Waals surface area contributed by atoms with E-state index in [9.17, 15) is 4.79 Å². The van der Waals surface area contributed by atoms with E-state index in [0.717, 1.165) is 58.9 Å². The maximum Gasteiger partial charge on any atom is 0.243 e. The first-order valence-electron chi connectivity index (χ1n) is 8.12. The summed E-state index contributed by atoms with van der Waals surface area (Å²) in [6.07, 6.45) is 5.45. The number of nitrogens with one attached hydrogen (secondary N) is 1. The zero-order chi connectivity index (χ0) is 15.8. The first kappa shape index (κ1) is 17.4. The van der Waals surface area contributed by atoms with Crippen LogP contribution in [0.25, 0.3) is 0 Å². The zero-order valence-corrected chi connectivity index (χ0v) is 13.8. The number of nitrogens with zero attached hydrogens (tertiary/aromatic N) is 2. The van der Waals surface area contributed by atoms with Gasteiger partial charge >= 0.3 is 0 Å². The molecule has 0 aliphatic carbocycles. The highest BCUT2D eigenvalue weighted by molar-refractivity contribution is 5.87. The fourth-order valence-electron chi connectivity index (χ4n) is 3.07. The van der Waals surface area contributed by atoms with Crippen molar-refractivity contribution in [3.05, 3.63) is 12.2 Å². The first-order valence-corrected chi connectivity index (χ1v) is 8.12. The van der Waals surface area contributed by atoms with E-state index in [1.165, 1.54) is 0 Å². The molecule has 0 unspecified atom stereocenters. The predicted octanol–water partition coefficient (Wildman–Crippen LogP) is 0.102. The van der Waals surface area contributed by atoms with Crippen molar-refractivity contribution in [1.29, 1.82) is 0 Å². The van der Waals surface area contributed by atoms with E-state index in [0.29, 0.717) is 6.54 Å². The van der Waals surface area contributed by atoms with Crippen LogP contribution in [-0.4, -0.2) is 87.9 Å². The molecule has 2 fully saturated rings. The monoisotopic (exact) mass is 311 g/mol. The van der Waals surface area contributed by atoms with Gasteiger partial charge in [-0.25, -0.2) is 0 Å². The van der Waals surface area contributed by atoms with Crippen LogP contribution in [0.3, 0.4) is 0 Å². The number of likely N-dealkylation sites (N-methyl/N-ethyl adjacent to an activating group) is 1. The molecule has 2 rings (SSSR count). The van der Waals surface area contributed by atoms with Crippen molar-refractivity contribution in [2.45, 2.75) is 18.4 Å². The molecule has 2 saturated heterocycles. The minimum Gasteiger partial charge on any atom is -0.381 e. The summed E-state index contributed by atoms with van der Waals surface area (Å²) < 4.78 is 11.0. The second-order valence-electron chi connectivity index (χ2n) is 6.32. The smallest absolute Gasteiger partial charge is 0.243 e. The number of ether oxygens (including phenoxy) is 2. The van der Waals surface area contributed by atoms with E-state index in [1.54, 1.807) is 6.08 Å². The van der Waals surface area contributed by atoms with E-state index in [1.807, 2.05) is 25.1 Å². The maximum absolute atomic E-state index is 12.0. The molecule has 0 bridgehead atoms. The lowest BCUT2D eigenvalue weighted by molar-refractivity contribution is -0.118. The van der Waals surface area contributed by atoms with Crippen LogP contribution in [0.1, 0.15) is 12.8 Å². The molecule has 6 nitrogen and oxygen atoms in total.